The second-order valence-corrected chi connectivity index (χ2v) is 9.45. The Balaban J connectivity index is 1.26. The molecule has 2 saturated heterocycles. The highest BCUT2D eigenvalue weighted by molar-refractivity contribution is 7.09. The van der Waals surface area contributed by atoms with E-state index in [1.807, 2.05) is 6.92 Å². The fraction of sp³-hybridized carbons (Fsp3) is 0.789. The molecule has 3 atom stereocenters. The Morgan fingerprint density at radius 2 is 2.24 bits per heavy atom. The van der Waals surface area contributed by atoms with Gasteiger partial charge in [0.15, 0.2) is 0 Å². The Hall–Kier alpha value is -0.980. The van der Waals surface area contributed by atoms with Crippen molar-refractivity contribution >= 4 is 17.2 Å². The summed E-state index contributed by atoms with van der Waals surface area (Å²) in [6.45, 7) is 8.56. The van der Waals surface area contributed by atoms with Crippen LogP contribution in [0.5, 0.6) is 0 Å². The molecule has 0 radical (unpaired) electrons. The van der Waals surface area contributed by atoms with E-state index in [2.05, 4.69) is 34.1 Å². The van der Waals surface area contributed by atoms with E-state index in [0.717, 1.165) is 49.8 Å². The summed E-state index contributed by atoms with van der Waals surface area (Å²) in [6.07, 6.45) is 3.41. The molecule has 1 spiro atoms. The third-order valence-electron chi connectivity index (χ3n) is 6.33. The molecule has 0 bridgehead atoms. The average molecular weight is 364 g/mol. The number of carbonyl (C=O) groups is 1. The highest BCUT2D eigenvalue weighted by Gasteiger charge is 2.53. The van der Waals surface area contributed by atoms with Gasteiger partial charge >= 0.3 is 0 Å². The van der Waals surface area contributed by atoms with Crippen LogP contribution in [0.25, 0.3) is 0 Å². The van der Waals surface area contributed by atoms with E-state index >= 15 is 0 Å². The van der Waals surface area contributed by atoms with Crippen molar-refractivity contribution in [2.75, 3.05) is 33.3 Å². The lowest BCUT2D eigenvalue weighted by Crippen LogP contribution is -2.72. The molecule has 0 N–H and O–H groups in total. The molecule has 1 aliphatic carbocycles. The first-order chi connectivity index (χ1) is 12.0. The van der Waals surface area contributed by atoms with Crippen LogP contribution >= 0.6 is 11.3 Å². The molecule has 5 nitrogen and oxygen atoms in total. The van der Waals surface area contributed by atoms with Gasteiger partial charge in [-0.15, -0.1) is 11.3 Å². The summed E-state index contributed by atoms with van der Waals surface area (Å²) in [5, 5.41) is 3.18. The molecule has 3 unspecified atom stereocenters. The van der Waals surface area contributed by atoms with Crippen molar-refractivity contribution in [1.29, 1.82) is 0 Å². The van der Waals surface area contributed by atoms with E-state index in [0.29, 0.717) is 30.3 Å². The smallest absolute Gasteiger partial charge is 0.226 e. The minimum absolute atomic E-state index is 0.192. The minimum Gasteiger partial charge on any atom is -0.375 e. The number of piperidine rings is 1. The topological polar surface area (TPSA) is 45.7 Å². The molecule has 1 aromatic rings. The Morgan fingerprint density at radius 3 is 2.88 bits per heavy atom. The quantitative estimate of drug-likeness (QED) is 0.807. The molecule has 1 saturated carbocycles. The standard InChI is InChI=1S/C19H29N3O2S/c1-13-6-17(13)18(23)22-11-19(12-22)7-15(4-5-21(19)3)8-24-9-16-10-25-14(2)20-16/h10,13,15,17H,4-9,11-12H2,1-3H3. The van der Waals surface area contributed by atoms with E-state index < -0.39 is 0 Å². The van der Waals surface area contributed by atoms with Gasteiger partial charge in [-0.3, -0.25) is 9.69 Å². The first kappa shape index (κ1) is 17.4. The largest absolute Gasteiger partial charge is 0.375 e. The zero-order chi connectivity index (χ0) is 17.6. The highest BCUT2D eigenvalue weighted by atomic mass is 32.1. The second-order valence-electron chi connectivity index (χ2n) is 8.39. The van der Waals surface area contributed by atoms with E-state index in [9.17, 15) is 4.79 Å². The molecule has 3 aliphatic rings. The van der Waals surface area contributed by atoms with Crippen molar-refractivity contribution in [3.63, 3.8) is 0 Å². The maximum atomic E-state index is 12.4. The van der Waals surface area contributed by atoms with Crippen LogP contribution in [-0.4, -0.2) is 59.5 Å². The van der Waals surface area contributed by atoms with Crippen molar-refractivity contribution in [2.24, 2.45) is 17.8 Å². The predicted octanol–water partition coefficient (Wildman–Crippen LogP) is 2.55. The number of aryl methyl sites for hydroxylation is 1. The maximum Gasteiger partial charge on any atom is 0.226 e. The molecule has 25 heavy (non-hydrogen) atoms. The number of ether oxygens (including phenoxy) is 1. The molecule has 0 aromatic carbocycles. The van der Waals surface area contributed by atoms with E-state index in [1.165, 1.54) is 6.42 Å². The van der Waals surface area contributed by atoms with Crippen LogP contribution in [-0.2, 0) is 16.1 Å². The average Bonchev–Trinajstić information content (AvgIpc) is 3.14. The first-order valence-corrected chi connectivity index (χ1v) is 10.3. The summed E-state index contributed by atoms with van der Waals surface area (Å²) < 4.78 is 5.95. The highest BCUT2D eigenvalue weighted by Crippen LogP contribution is 2.44. The number of rotatable bonds is 5. The molecule has 1 amide bonds. The Bertz CT molecular complexity index is 640. The summed E-state index contributed by atoms with van der Waals surface area (Å²) in [5.41, 5.74) is 1.24. The van der Waals surface area contributed by atoms with Crippen LogP contribution in [0.15, 0.2) is 5.38 Å². The van der Waals surface area contributed by atoms with Crippen molar-refractivity contribution in [2.45, 2.75) is 45.3 Å². The third-order valence-corrected chi connectivity index (χ3v) is 7.15. The van der Waals surface area contributed by atoms with Gasteiger partial charge in [0.1, 0.15) is 0 Å². The molecule has 4 rings (SSSR count). The van der Waals surface area contributed by atoms with Gasteiger partial charge in [-0.05, 0) is 51.6 Å². The number of likely N-dealkylation sites (tertiary alicyclic amines) is 2. The molecule has 3 heterocycles. The van der Waals surface area contributed by atoms with E-state index in [1.54, 1.807) is 11.3 Å². The number of hydrogen-bond acceptors (Lipinski definition) is 5. The van der Waals surface area contributed by atoms with Crippen molar-refractivity contribution in [3.8, 4) is 0 Å². The van der Waals surface area contributed by atoms with Gasteiger partial charge in [0.25, 0.3) is 0 Å². The number of thiazole rings is 1. The van der Waals surface area contributed by atoms with Gasteiger partial charge in [0.2, 0.25) is 5.91 Å². The van der Waals surface area contributed by atoms with Crippen molar-refractivity contribution in [3.05, 3.63) is 16.1 Å². The monoisotopic (exact) mass is 363 g/mol. The maximum absolute atomic E-state index is 12.4. The Labute approximate surface area is 154 Å². The molecule has 6 heteroatoms. The first-order valence-electron chi connectivity index (χ1n) is 9.46. The Kier molecular flexibility index (Phi) is 4.63. The summed E-state index contributed by atoms with van der Waals surface area (Å²) >= 11 is 1.68. The van der Waals surface area contributed by atoms with Crippen molar-refractivity contribution in [1.82, 2.24) is 14.8 Å². The summed E-state index contributed by atoms with van der Waals surface area (Å²) in [4.78, 5) is 21.4. The molecule has 3 fully saturated rings. The number of aromatic nitrogens is 1. The molecular formula is C19H29N3O2S. The van der Waals surface area contributed by atoms with Gasteiger partial charge in [0.05, 0.1) is 29.5 Å². The zero-order valence-electron chi connectivity index (χ0n) is 15.5. The minimum atomic E-state index is 0.192. The van der Waals surface area contributed by atoms with Crippen LogP contribution in [0, 0.1) is 24.7 Å². The van der Waals surface area contributed by atoms with Crippen LogP contribution in [0.1, 0.15) is 36.9 Å². The van der Waals surface area contributed by atoms with Gasteiger partial charge in [-0.25, -0.2) is 4.98 Å². The molecule has 138 valence electrons. The van der Waals surface area contributed by atoms with Crippen molar-refractivity contribution < 1.29 is 9.53 Å². The lowest BCUT2D eigenvalue weighted by molar-refractivity contribution is -0.152. The van der Waals surface area contributed by atoms with Crippen LogP contribution in [0.3, 0.4) is 0 Å². The lowest BCUT2D eigenvalue weighted by atomic mass is 9.75. The summed E-state index contributed by atoms with van der Waals surface area (Å²) in [5.74, 6) is 1.90. The van der Waals surface area contributed by atoms with Gasteiger partial charge in [-0.1, -0.05) is 6.92 Å². The van der Waals surface area contributed by atoms with E-state index in [4.69, 9.17) is 4.74 Å². The number of likely N-dealkylation sites (N-methyl/N-ethyl adjacent to an activating group) is 1. The number of carbonyl (C=O) groups excluding carboxylic acids is 1. The van der Waals surface area contributed by atoms with E-state index in [-0.39, 0.29) is 5.54 Å². The lowest BCUT2D eigenvalue weighted by Gasteiger charge is -2.58. The molecule has 1 aromatic heterocycles. The fourth-order valence-corrected chi connectivity index (χ4v) is 5.04. The normalized spacial score (nSPS) is 31.2. The van der Waals surface area contributed by atoms with Gasteiger partial charge < -0.3 is 9.64 Å². The van der Waals surface area contributed by atoms with Gasteiger partial charge in [0, 0.05) is 24.4 Å². The number of nitrogens with zero attached hydrogens (tertiary/aromatic N) is 3. The summed E-state index contributed by atoms with van der Waals surface area (Å²) in [6, 6.07) is 0. The number of amides is 1. The molecule has 2 aliphatic heterocycles. The van der Waals surface area contributed by atoms with Crippen LogP contribution in [0.4, 0.5) is 0 Å². The molecular weight excluding hydrogens is 334 g/mol. The second kappa shape index (κ2) is 6.63. The zero-order valence-corrected chi connectivity index (χ0v) is 16.3. The number of hydrogen-bond donors (Lipinski definition) is 0. The van der Waals surface area contributed by atoms with Crippen LogP contribution < -0.4 is 0 Å². The Morgan fingerprint density at radius 1 is 1.48 bits per heavy atom. The van der Waals surface area contributed by atoms with Gasteiger partial charge in [-0.2, -0.15) is 0 Å². The third kappa shape index (κ3) is 3.49. The van der Waals surface area contributed by atoms with Crippen LogP contribution in [0.2, 0.25) is 0 Å². The fourth-order valence-electron chi connectivity index (χ4n) is 4.45. The SMILES string of the molecule is Cc1nc(COCC2CCN(C)C3(C2)CN(C(=O)C2CC2C)C3)cs1. The summed E-state index contributed by atoms with van der Waals surface area (Å²) in [7, 11) is 2.22. The predicted molar refractivity (Wildman–Crippen MR) is 98.4 cm³/mol.